The van der Waals surface area contributed by atoms with E-state index in [1.165, 1.54) is 10.8 Å². The highest BCUT2D eigenvalue weighted by Crippen LogP contribution is 2.15. The van der Waals surface area contributed by atoms with E-state index in [9.17, 15) is 9.59 Å². The van der Waals surface area contributed by atoms with Crippen molar-refractivity contribution in [3.63, 3.8) is 0 Å². The number of H-pyrrole nitrogens is 1. The number of rotatable bonds is 4. The first-order valence-corrected chi connectivity index (χ1v) is 7.31. The molecule has 118 valence electrons. The fraction of sp³-hybridized carbons (Fsp3) is 0.0556. The van der Waals surface area contributed by atoms with Crippen LogP contribution in [0.5, 0.6) is 0 Å². The number of nitrogens with zero attached hydrogens (tertiary/aromatic N) is 2. The van der Waals surface area contributed by atoms with Crippen LogP contribution in [0.15, 0.2) is 65.6 Å². The molecule has 0 unspecified atom stereocenters. The largest absolute Gasteiger partial charge is 0.326 e. The maximum Gasteiger partial charge on any atom is 0.326 e. The number of nitriles is 1. The molecule has 0 bridgehead atoms. The summed E-state index contributed by atoms with van der Waals surface area (Å²) in [5.74, 6) is -0.452. The molecule has 0 saturated heterocycles. The van der Waals surface area contributed by atoms with Crippen LogP contribution in [0.3, 0.4) is 0 Å². The lowest BCUT2D eigenvalue weighted by Crippen LogP contribution is -2.24. The molecule has 3 rings (SSSR count). The van der Waals surface area contributed by atoms with Crippen LogP contribution in [-0.2, 0) is 6.54 Å². The van der Waals surface area contributed by atoms with Crippen LogP contribution in [-0.4, -0.2) is 15.5 Å². The quantitative estimate of drug-likeness (QED) is 0.773. The van der Waals surface area contributed by atoms with Gasteiger partial charge in [0.1, 0.15) is 11.8 Å². The van der Waals surface area contributed by atoms with Gasteiger partial charge >= 0.3 is 5.69 Å². The van der Waals surface area contributed by atoms with E-state index >= 15 is 0 Å². The van der Waals surface area contributed by atoms with Gasteiger partial charge in [-0.25, -0.2) is 4.79 Å². The lowest BCUT2D eigenvalue weighted by Gasteiger charge is -2.09. The molecule has 0 saturated carbocycles. The minimum atomic E-state index is -0.452. The molecular formula is C18H14N4O2. The molecule has 6 heteroatoms. The number of hydrogen-bond acceptors (Lipinski definition) is 3. The van der Waals surface area contributed by atoms with Crippen LogP contribution in [0.25, 0.3) is 0 Å². The average Bonchev–Trinajstić information content (AvgIpc) is 2.97. The maximum atomic E-state index is 12.5. The van der Waals surface area contributed by atoms with Gasteiger partial charge in [0.25, 0.3) is 5.91 Å². The highest BCUT2D eigenvalue weighted by atomic mass is 16.2. The van der Waals surface area contributed by atoms with Gasteiger partial charge in [-0.1, -0.05) is 42.5 Å². The van der Waals surface area contributed by atoms with Gasteiger partial charge in [0.05, 0.1) is 17.8 Å². The highest BCUT2D eigenvalue weighted by molar-refractivity contribution is 6.03. The van der Waals surface area contributed by atoms with Crippen molar-refractivity contribution in [2.24, 2.45) is 0 Å². The summed E-state index contributed by atoms with van der Waals surface area (Å²) in [6.07, 6.45) is 1.37. The summed E-state index contributed by atoms with van der Waals surface area (Å²) in [7, 11) is 0. The van der Waals surface area contributed by atoms with E-state index < -0.39 is 5.91 Å². The maximum absolute atomic E-state index is 12.5. The number of benzene rings is 2. The molecule has 1 amide bonds. The predicted molar refractivity (Wildman–Crippen MR) is 89.7 cm³/mol. The molecule has 6 nitrogen and oxygen atoms in total. The Balaban J connectivity index is 1.89. The second-order valence-electron chi connectivity index (χ2n) is 5.16. The van der Waals surface area contributed by atoms with Crippen LogP contribution >= 0.6 is 0 Å². The lowest BCUT2D eigenvalue weighted by atomic mass is 10.2. The Morgan fingerprint density at radius 1 is 1.12 bits per heavy atom. The second-order valence-corrected chi connectivity index (χ2v) is 5.16. The Hall–Kier alpha value is -3.59. The van der Waals surface area contributed by atoms with Crippen molar-refractivity contribution in [3.05, 3.63) is 88.1 Å². The molecule has 0 fully saturated rings. The van der Waals surface area contributed by atoms with Gasteiger partial charge in [-0.2, -0.15) is 5.26 Å². The smallest absolute Gasteiger partial charge is 0.319 e. The minimum Gasteiger partial charge on any atom is -0.319 e. The zero-order valence-electron chi connectivity index (χ0n) is 12.7. The Morgan fingerprint density at radius 3 is 2.58 bits per heavy atom. The summed E-state index contributed by atoms with van der Waals surface area (Å²) < 4.78 is 1.36. The number of hydrogen-bond donors (Lipinski definition) is 2. The molecular weight excluding hydrogens is 304 g/mol. The summed E-state index contributed by atoms with van der Waals surface area (Å²) in [5, 5.41) is 11.8. The average molecular weight is 318 g/mol. The van der Waals surface area contributed by atoms with Crippen molar-refractivity contribution in [1.29, 1.82) is 5.26 Å². The Kier molecular flexibility index (Phi) is 4.25. The van der Waals surface area contributed by atoms with Gasteiger partial charge in [0.15, 0.2) is 0 Å². The van der Waals surface area contributed by atoms with Gasteiger partial charge in [-0.15, -0.1) is 0 Å². The SMILES string of the molecule is N#Cc1ccccc1NC(=O)c1c[nH]c(=O)n1Cc1ccccc1. The molecule has 0 aliphatic carbocycles. The molecule has 0 atom stereocenters. The van der Waals surface area contributed by atoms with Crippen molar-refractivity contribution in [3.8, 4) is 6.07 Å². The molecule has 0 spiro atoms. The van der Waals surface area contributed by atoms with Gasteiger partial charge in [0, 0.05) is 6.20 Å². The van der Waals surface area contributed by atoms with E-state index in [0.717, 1.165) is 5.56 Å². The molecule has 1 heterocycles. The van der Waals surface area contributed by atoms with Crippen molar-refractivity contribution >= 4 is 11.6 Å². The van der Waals surface area contributed by atoms with Crippen molar-refractivity contribution in [1.82, 2.24) is 9.55 Å². The van der Waals surface area contributed by atoms with E-state index in [0.29, 0.717) is 11.3 Å². The zero-order chi connectivity index (χ0) is 16.9. The monoisotopic (exact) mass is 318 g/mol. The topological polar surface area (TPSA) is 90.7 Å². The normalized spacial score (nSPS) is 10.1. The first-order valence-electron chi connectivity index (χ1n) is 7.31. The number of imidazole rings is 1. The first kappa shape index (κ1) is 15.3. The molecule has 1 aromatic heterocycles. The van der Waals surface area contributed by atoms with E-state index in [1.807, 2.05) is 36.4 Å². The number of aromatic nitrogens is 2. The number of amides is 1. The third kappa shape index (κ3) is 3.10. The summed E-state index contributed by atoms with van der Waals surface area (Å²) in [6, 6.07) is 18.1. The standard InChI is InChI=1S/C18H14N4O2/c19-10-14-8-4-5-9-15(14)21-17(23)16-11-20-18(24)22(16)12-13-6-2-1-3-7-13/h1-9,11H,12H2,(H,20,24)(H,21,23). The van der Waals surface area contributed by atoms with Gasteiger partial charge in [-0.3, -0.25) is 9.36 Å². The van der Waals surface area contributed by atoms with Crippen LogP contribution in [0.1, 0.15) is 21.6 Å². The molecule has 0 aliphatic heterocycles. The summed E-state index contributed by atoms with van der Waals surface area (Å²) in [5.41, 5.74) is 1.52. The first-order chi connectivity index (χ1) is 11.7. The molecule has 2 N–H and O–H groups in total. The lowest BCUT2D eigenvalue weighted by molar-refractivity contribution is 0.101. The molecule has 3 aromatic rings. The molecule has 0 aliphatic rings. The van der Waals surface area contributed by atoms with Crippen LogP contribution in [0, 0.1) is 11.3 Å². The fourth-order valence-electron chi connectivity index (χ4n) is 2.38. The Morgan fingerprint density at radius 2 is 1.83 bits per heavy atom. The Bertz CT molecular complexity index is 964. The third-order valence-electron chi connectivity index (χ3n) is 3.58. The second kappa shape index (κ2) is 6.67. The predicted octanol–water partition coefficient (Wildman–Crippen LogP) is 2.35. The fourth-order valence-corrected chi connectivity index (χ4v) is 2.38. The number of carbonyl (C=O) groups is 1. The van der Waals surface area contributed by atoms with Crippen LogP contribution < -0.4 is 11.0 Å². The number of nitrogens with one attached hydrogen (secondary N) is 2. The molecule has 2 aromatic carbocycles. The van der Waals surface area contributed by atoms with E-state index in [2.05, 4.69) is 10.3 Å². The van der Waals surface area contributed by atoms with Gasteiger partial charge in [0.2, 0.25) is 0 Å². The highest BCUT2D eigenvalue weighted by Gasteiger charge is 2.16. The van der Waals surface area contributed by atoms with Crippen molar-refractivity contribution in [2.45, 2.75) is 6.54 Å². The van der Waals surface area contributed by atoms with Gasteiger partial charge in [-0.05, 0) is 17.7 Å². The van der Waals surface area contributed by atoms with E-state index in [4.69, 9.17) is 5.26 Å². The van der Waals surface area contributed by atoms with Gasteiger partial charge < -0.3 is 10.3 Å². The molecule has 0 radical (unpaired) electrons. The summed E-state index contributed by atoms with van der Waals surface area (Å²) in [6.45, 7) is 0.284. The number of carbonyl (C=O) groups excluding carboxylic acids is 1. The third-order valence-corrected chi connectivity index (χ3v) is 3.58. The minimum absolute atomic E-state index is 0.205. The van der Waals surface area contributed by atoms with E-state index in [-0.39, 0.29) is 17.9 Å². The summed E-state index contributed by atoms with van der Waals surface area (Å²) in [4.78, 5) is 27.0. The van der Waals surface area contributed by atoms with Crippen molar-refractivity contribution in [2.75, 3.05) is 5.32 Å². The van der Waals surface area contributed by atoms with Crippen LogP contribution in [0.4, 0.5) is 5.69 Å². The zero-order valence-corrected chi connectivity index (χ0v) is 12.7. The van der Waals surface area contributed by atoms with E-state index in [1.54, 1.807) is 24.3 Å². The van der Waals surface area contributed by atoms with Crippen molar-refractivity contribution < 1.29 is 4.79 Å². The number of anilines is 1. The molecule has 24 heavy (non-hydrogen) atoms. The van der Waals surface area contributed by atoms with Crippen LogP contribution in [0.2, 0.25) is 0 Å². The number of aromatic amines is 1. The number of para-hydroxylation sites is 1. The Labute approximate surface area is 138 Å². The summed E-state index contributed by atoms with van der Waals surface area (Å²) >= 11 is 0.